The number of nitrogens with one attached hydrogen (secondary N) is 1. The van der Waals surface area contributed by atoms with Gasteiger partial charge in [0.05, 0.1) is 15.5 Å². The minimum atomic E-state index is -3.55. The lowest BCUT2D eigenvalue weighted by molar-refractivity contribution is 0.102. The highest BCUT2D eigenvalue weighted by Crippen LogP contribution is 2.24. The fourth-order valence-corrected chi connectivity index (χ4v) is 4.17. The smallest absolute Gasteiger partial charge is 0.257 e. The maximum absolute atomic E-state index is 12.5. The second kappa shape index (κ2) is 8.43. The normalized spacial score (nSPS) is 11.8. The molecule has 1 amide bonds. The number of hydrogen-bond donors (Lipinski definition) is 1. The Balaban J connectivity index is 2.21. The number of thioether (sulfide) groups is 1. The molecule has 0 heterocycles. The molecule has 0 atom stereocenters. The number of nitrogens with zero attached hydrogens (tertiary/aromatic N) is 1. The fraction of sp³-hybridized carbons (Fsp3) is 0.278. The van der Waals surface area contributed by atoms with Crippen molar-refractivity contribution in [3.05, 3.63) is 53.1 Å². The Morgan fingerprint density at radius 1 is 1.15 bits per heavy atom. The van der Waals surface area contributed by atoms with E-state index in [1.165, 1.54) is 35.2 Å². The van der Waals surface area contributed by atoms with Gasteiger partial charge in [-0.2, -0.15) is 4.31 Å². The second-order valence-corrected chi connectivity index (χ2v) is 9.22. The number of halogens is 1. The highest BCUT2D eigenvalue weighted by molar-refractivity contribution is 7.98. The van der Waals surface area contributed by atoms with Gasteiger partial charge in [0.1, 0.15) is 0 Å². The van der Waals surface area contributed by atoms with E-state index in [9.17, 15) is 13.2 Å². The minimum Gasteiger partial charge on any atom is -0.322 e. The lowest BCUT2D eigenvalue weighted by Crippen LogP contribution is -2.33. The van der Waals surface area contributed by atoms with Crippen LogP contribution in [-0.2, 0) is 10.0 Å². The van der Waals surface area contributed by atoms with Crippen molar-refractivity contribution in [2.24, 2.45) is 0 Å². The van der Waals surface area contributed by atoms with E-state index in [0.717, 1.165) is 4.90 Å². The van der Waals surface area contributed by atoms with E-state index in [4.69, 9.17) is 11.6 Å². The SMILES string of the molecule is CSc1ccc(Cl)c(C(=O)Nc2ccc(S(=O)(=O)N(C)C(C)C)cc2)c1. The van der Waals surface area contributed by atoms with Crippen molar-refractivity contribution in [3.63, 3.8) is 0 Å². The Kier molecular flexibility index (Phi) is 6.74. The third kappa shape index (κ3) is 4.59. The summed E-state index contributed by atoms with van der Waals surface area (Å²) in [7, 11) is -2.02. The molecule has 5 nitrogen and oxygen atoms in total. The average Bonchev–Trinajstić information content (AvgIpc) is 2.61. The Hall–Kier alpha value is -1.54. The van der Waals surface area contributed by atoms with E-state index in [2.05, 4.69) is 5.32 Å². The van der Waals surface area contributed by atoms with Crippen LogP contribution >= 0.6 is 23.4 Å². The van der Waals surface area contributed by atoms with Gasteiger partial charge in [0.15, 0.2) is 0 Å². The first kappa shape index (κ1) is 20.8. The molecule has 1 N–H and O–H groups in total. The lowest BCUT2D eigenvalue weighted by atomic mass is 10.2. The maximum atomic E-state index is 12.5. The monoisotopic (exact) mass is 412 g/mol. The van der Waals surface area contributed by atoms with E-state index >= 15 is 0 Å². The second-order valence-electron chi connectivity index (χ2n) is 5.94. The molecule has 0 aromatic heterocycles. The number of hydrogen-bond acceptors (Lipinski definition) is 4. The van der Waals surface area contributed by atoms with Crippen molar-refractivity contribution < 1.29 is 13.2 Å². The summed E-state index contributed by atoms with van der Waals surface area (Å²) in [5, 5.41) is 3.10. The molecule has 140 valence electrons. The minimum absolute atomic E-state index is 0.148. The zero-order valence-corrected chi connectivity index (χ0v) is 17.4. The Labute approximate surface area is 163 Å². The van der Waals surface area contributed by atoms with Gasteiger partial charge < -0.3 is 5.32 Å². The molecule has 8 heteroatoms. The zero-order chi connectivity index (χ0) is 19.5. The number of benzene rings is 2. The standard InChI is InChI=1S/C18H21ClN2O3S2/c1-12(2)21(3)26(23,24)15-8-5-13(6-9-15)20-18(22)16-11-14(25-4)7-10-17(16)19/h5-12H,1-4H3,(H,20,22). The predicted molar refractivity (Wildman–Crippen MR) is 108 cm³/mol. The van der Waals surface area contributed by atoms with Gasteiger partial charge in [-0.1, -0.05) is 11.6 Å². The molecule has 0 bridgehead atoms. The summed E-state index contributed by atoms with van der Waals surface area (Å²) in [4.78, 5) is 13.6. The topological polar surface area (TPSA) is 66.5 Å². The number of rotatable bonds is 6. The maximum Gasteiger partial charge on any atom is 0.257 e. The van der Waals surface area contributed by atoms with E-state index in [1.807, 2.05) is 12.3 Å². The lowest BCUT2D eigenvalue weighted by Gasteiger charge is -2.21. The van der Waals surface area contributed by atoms with Crippen molar-refractivity contribution in [3.8, 4) is 0 Å². The van der Waals surface area contributed by atoms with Crippen molar-refractivity contribution in [1.29, 1.82) is 0 Å². The number of sulfonamides is 1. The molecule has 2 aromatic carbocycles. The highest BCUT2D eigenvalue weighted by atomic mass is 35.5. The molecule has 0 saturated carbocycles. The van der Waals surface area contributed by atoms with Crippen LogP contribution < -0.4 is 5.32 Å². The van der Waals surface area contributed by atoms with Crippen LogP contribution in [0.2, 0.25) is 5.02 Å². The van der Waals surface area contributed by atoms with Crippen molar-refractivity contribution in [2.75, 3.05) is 18.6 Å². The molecule has 2 rings (SSSR count). The van der Waals surface area contributed by atoms with Gasteiger partial charge in [0, 0.05) is 23.7 Å². The van der Waals surface area contributed by atoms with Crippen LogP contribution in [0.3, 0.4) is 0 Å². The summed E-state index contributed by atoms with van der Waals surface area (Å²) in [6.45, 7) is 3.61. The summed E-state index contributed by atoms with van der Waals surface area (Å²) in [5.74, 6) is -0.346. The van der Waals surface area contributed by atoms with Crippen LogP contribution in [0.15, 0.2) is 52.3 Å². The molecule has 0 spiro atoms. The number of carbonyl (C=O) groups is 1. The van der Waals surface area contributed by atoms with E-state index in [-0.39, 0.29) is 16.8 Å². The zero-order valence-electron chi connectivity index (χ0n) is 15.0. The highest BCUT2D eigenvalue weighted by Gasteiger charge is 2.23. The summed E-state index contributed by atoms with van der Waals surface area (Å²) >= 11 is 7.62. The van der Waals surface area contributed by atoms with Gasteiger partial charge in [-0.25, -0.2) is 8.42 Å². The molecule has 0 aliphatic rings. The van der Waals surface area contributed by atoms with Crippen LogP contribution in [0.25, 0.3) is 0 Å². The Bertz CT molecular complexity index is 897. The number of carbonyl (C=O) groups excluding carboxylic acids is 1. The third-order valence-electron chi connectivity index (χ3n) is 3.93. The summed E-state index contributed by atoms with van der Waals surface area (Å²) < 4.78 is 26.2. The molecule has 2 aromatic rings. The molecular formula is C18H21ClN2O3S2. The van der Waals surface area contributed by atoms with Crippen LogP contribution in [0, 0.1) is 0 Å². The fourth-order valence-electron chi connectivity index (χ4n) is 2.16. The van der Waals surface area contributed by atoms with Crippen LogP contribution in [0.1, 0.15) is 24.2 Å². The molecule has 0 radical (unpaired) electrons. The van der Waals surface area contributed by atoms with Crippen LogP contribution in [0.4, 0.5) is 5.69 Å². The quantitative estimate of drug-likeness (QED) is 0.716. The van der Waals surface area contributed by atoms with Crippen molar-refractivity contribution in [2.45, 2.75) is 29.7 Å². The average molecular weight is 413 g/mol. The Morgan fingerprint density at radius 3 is 2.31 bits per heavy atom. The molecule has 0 saturated heterocycles. The van der Waals surface area contributed by atoms with Crippen LogP contribution in [-0.4, -0.2) is 38.0 Å². The first-order chi connectivity index (χ1) is 12.2. The predicted octanol–water partition coefficient (Wildman–Crippen LogP) is 4.34. The van der Waals surface area contributed by atoms with Gasteiger partial charge in [-0.05, 0) is 62.6 Å². The third-order valence-corrected chi connectivity index (χ3v) is 7.04. The summed E-state index contributed by atoms with van der Waals surface area (Å²) in [6.07, 6.45) is 1.91. The van der Waals surface area contributed by atoms with Crippen molar-refractivity contribution in [1.82, 2.24) is 4.31 Å². The first-order valence-corrected chi connectivity index (χ1v) is 10.9. The van der Waals surface area contributed by atoms with E-state index < -0.39 is 10.0 Å². The molecule has 26 heavy (non-hydrogen) atoms. The molecule has 0 fully saturated rings. The van der Waals surface area contributed by atoms with Gasteiger partial charge in [0.25, 0.3) is 5.91 Å². The molecular weight excluding hydrogens is 392 g/mol. The molecule has 0 aliphatic carbocycles. The van der Waals surface area contributed by atoms with Crippen molar-refractivity contribution >= 4 is 45.0 Å². The Morgan fingerprint density at radius 2 is 1.77 bits per heavy atom. The molecule has 0 unspecified atom stereocenters. The van der Waals surface area contributed by atoms with Gasteiger partial charge in [-0.3, -0.25) is 4.79 Å². The largest absolute Gasteiger partial charge is 0.322 e. The van der Waals surface area contributed by atoms with Gasteiger partial charge in [-0.15, -0.1) is 11.8 Å². The van der Waals surface area contributed by atoms with Gasteiger partial charge >= 0.3 is 0 Å². The van der Waals surface area contributed by atoms with E-state index in [1.54, 1.807) is 38.1 Å². The number of anilines is 1. The summed E-state index contributed by atoms with van der Waals surface area (Å²) in [5.41, 5.74) is 0.863. The first-order valence-electron chi connectivity index (χ1n) is 7.90. The van der Waals surface area contributed by atoms with E-state index in [0.29, 0.717) is 16.3 Å². The summed E-state index contributed by atoms with van der Waals surface area (Å²) in [6, 6.07) is 11.2. The van der Waals surface area contributed by atoms with Crippen LogP contribution in [0.5, 0.6) is 0 Å². The van der Waals surface area contributed by atoms with Gasteiger partial charge in [0.2, 0.25) is 10.0 Å². The number of amides is 1. The molecule has 0 aliphatic heterocycles.